The summed E-state index contributed by atoms with van der Waals surface area (Å²) in [7, 11) is 0. The molecular weight excluding hydrogens is 283 g/mol. The average molecular weight is 308 g/mol. The lowest BCUT2D eigenvalue weighted by atomic mass is 10.1. The third kappa shape index (κ3) is 5.07. The Labute approximate surface area is 131 Å². The number of hydrogen-bond acceptors (Lipinski definition) is 4. The molecule has 1 aliphatic heterocycles. The van der Waals surface area contributed by atoms with Gasteiger partial charge in [-0.15, -0.1) is 0 Å². The van der Waals surface area contributed by atoms with Crippen molar-refractivity contribution in [3.63, 3.8) is 0 Å². The minimum Gasteiger partial charge on any atom is -0.459 e. The van der Waals surface area contributed by atoms with Crippen molar-refractivity contribution in [1.82, 2.24) is 10.2 Å². The molecule has 1 atom stereocenters. The number of rotatable bonds is 4. The molecule has 1 aliphatic rings. The summed E-state index contributed by atoms with van der Waals surface area (Å²) < 4.78 is 18.4. The van der Waals surface area contributed by atoms with Gasteiger partial charge in [-0.05, 0) is 44.9 Å². The largest absolute Gasteiger partial charge is 0.459 e. The van der Waals surface area contributed by atoms with Crippen LogP contribution in [0.15, 0.2) is 24.3 Å². The van der Waals surface area contributed by atoms with Crippen LogP contribution < -0.4 is 5.32 Å². The second-order valence-corrected chi connectivity index (χ2v) is 6.67. The Morgan fingerprint density at radius 1 is 1.36 bits per heavy atom. The first-order valence-electron chi connectivity index (χ1n) is 7.77. The van der Waals surface area contributed by atoms with Gasteiger partial charge in [-0.2, -0.15) is 0 Å². The maximum atomic E-state index is 12.9. The van der Waals surface area contributed by atoms with Crippen LogP contribution in [0.3, 0.4) is 0 Å². The number of nitrogens with one attached hydrogen (secondary N) is 1. The highest BCUT2D eigenvalue weighted by atomic mass is 19.1. The number of hydrogen-bond donors (Lipinski definition) is 1. The van der Waals surface area contributed by atoms with Crippen LogP contribution in [-0.4, -0.2) is 48.7 Å². The van der Waals surface area contributed by atoms with Crippen molar-refractivity contribution in [3.05, 3.63) is 35.6 Å². The molecule has 1 N–H and O–H groups in total. The summed E-state index contributed by atoms with van der Waals surface area (Å²) in [6, 6.07) is 6.27. The molecule has 1 saturated heterocycles. The number of esters is 1. The van der Waals surface area contributed by atoms with Crippen molar-refractivity contribution >= 4 is 5.97 Å². The van der Waals surface area contributed by atoms with E-state index in [-0.39, 0.29) is 17.8 Å². The van der Waals surface area contributed by atoms with E-state index < -0.39 is 5.60 Å². The van der Waals surface area contributed by atoms with Gasteiger partial charge in [-0.1, -0.05) is 12.1 Å². The van der Waals surface area contributed by atoms with Crippen molar-refractivity contribution in [2.75, 3.05) is 26.2 Å². The Morgan fingerprint density at radius 3 is 2.68 bits per heavy atom. The average Bonchev–Trinajstić information content (AvgIpc) is 2.45. The molecule has 0 aromatic heterocycles. The molecule has 5 heteroatoms. The molecule has 1 fully saturated rings. The van der Waals surface area contributed by atoms with Crippen molar-refractivity contribution in [3.8, 4) is 0 Å². The molecule has 1 heterocycles. The predicted octanol–water partition coefficient (Wildman–Crippen LogP) is 1.98. The van der Waals surface area contributed by atoms with E-state index >= 15 is 0 Å². The normalized spacial score (nSPS) is 19.9. The maximum absolute atomic E-state index is 12.9. The second-order valence-electron chi connectivity index (χ2n) is 6.67. The SMILES string of the molecule is CC(C)(C)OC(=O)C1CNCCN1CCc1ccc(F)cc1. The molecule has 0 radical (unpaired) electrons. The van der Waals surface area contributed by atoms with Crippen molar-refractivity contribution in [2.45, 2.75) is 38.8 Å². The van der Waals surface area contributed by atoms with Gasteiger partial charge in [0.1, 0.15) is 17.5 Å². The number of carbonyl (C=O) groups excluding carboxylic acids is 1. The van der Waals surface area contributed by atoms with Gasteiger partial charge < -0.3 is 10.1 Å². The molecule has 0 amide bonds. The highest BCUT2D eigenvalue weighted by Gasteiger charge is 2.31. The van der Waals surface area contributed by atoms with E-state index in [0.717, 1.165) is 31.6 Å². The number of nitrogens with zero attached hydrogens (tertiary/aromatic N) is 1. The summed E-state index contributed by atoms with van der Waals surface area (Å²) in [6.45, 7) is 8.68. The standard InChI is InChI=1S/C17H25FN2O2/c1-17(2,3)22-16(21)15-12-19-9-11-20(15)10-8-13-4-6-14(18)7-5-13/h4-7,15,19H,8-12H2,1-3H3. The van der Waals surface area contributed by atoms with E-state index in [0.29, 0.717) is 6.54 Å². The van der Waals surface area contributed by atoms with Crippen molar-refractivity contribution in [1.29, 1.82) is 0 Å². The Hall–Kier alpha value is -1.46. The highest BCUT2D eigenvalue weighted by Crippen LogP contribution is 2.14. The molecule has 22 heavy (non-hydrogen) atoms. The zero-order valence-corrected chi connectivity index (χ0v) is 13.6. The maximum Gasteiger partial charge on any atom is 0.325 e. The number of benzene rings is 1. The molecule has 2 rings (SSSR count). The van der Waals surface area contributed by atoms with Gasteiger partial charge in [-0.3, -0.25) is 9.69 Å². The Bertz CT molecular complexity index is 496. The molecule has 4 nitrogen and oxygen atoms in total. The minimum absolute atomic E-state index is 0.182. The Balaban J connectivity index is 1.94. The number of piperazine rings is 1. The van der Waals surface area contributed by atoms with E-state index in [1.807, 2.05) is 20.8 Å². The first-order chi connectivity index (χ1) is 10.3. The van der Waals surface area contributed by atoms with Gasteiger partial charge in [0, 0.05) is 26.2 Å². The summed E-state index contributed by atoms with van der Waals surface area (Å²) >= 11 is 0. The molecule has 0 saturated carbocycles. The van der Waals surface area contributed by atoms with E-state index in [1.165, 1.54) is 12.1 Å². The van der Waals surface area contributed by atoms with E-state index in [2.05, 4.69) is 10.2 Å². The lowest BCUT2D eigenvalue weighted by molar-refractivity contribution is -0.162. The minimum atomic E-state index is -0.475. The number of carbonyl (C=O) groups is 1. The van der Waals surface area contributed by atoms with Crippen LogP contribution in [0.1, 0.15) is 26.3 Å². The molecule has 0 spiro atoms. The second kappa shape index (κ2) is 7.20. The predicted molar refractivity (Wildman–Crippen MR) is 84.2 cm³/mol. The van der Waals surface area contributed by atoms with Gasteiger partial charge in [0.2, 0.25) is 0 Å². The van der Waals surface area contributed by atoms with Crippen LogP contribution in [0.5, 0.6) is 0 Å². The fraction of sp³-hybridized carbons (Fsp3) is 0.588. The number of ether oxygens (including phenoxy) is 1. The summed E-state index contributed by atoms with van der Waals surface area (Å²) in [5.74, 6) is -0.406. The summed E-state index contributed by atoms with van der Waals surface area (Å²) in [5, 5.41) is 3.25. The lowest BCUT2D eigenvalue weighted by Crippen LogP contribution is -2.56. The van der Waals surface area contributed by atoms with Gasteiger partial charge in [0.15, 0.2) is 0 Å². The molecule has 1 aromatic carbocycles. The number of halogens is 1. The van der Waals surface area contributed by atoms with Gasteiger partial charge in [0.05, 0.1) is 0 Å². The molecule has 1 aromatic rings. The smallest absolute Gasteiger partial charge is 0.325 e. The van der Waals surface area contributed by atoms with Crippen LogP contribution in [0, 0.1) is 5.82 Å². The Morgan fingerprint density at radius 2 is 2.05 bits per heavy atom. The van der Waals surface area contributed by atoms with Gasteiger partial charge in [-0.25, -0.2) is 4.39 Å². The van der Waals surface area contributed by atoms with E-state index in [1.54, 1.807) is 12.1 Å². The monoisotopic (exact) mass is 308 g/mol. The van der Waals surface area contributed by atoms with Crippen molar-refractivity contribution < 1.29 is 13.9 Å². The Kier molecular flexibility index (Phi) is 5.53. The molecular formula is C17H25FN2O2. The molecule has 0 bridgehead atoms. The third-order valence-electron chi connectivity index (χ3n) is 3.63. The fourth-order valence-electron chi connectivity index (χ4n) is 2.54. The quantitative estimate of drug-likeness (QED) is 0.864. The third-order valence-corrected chi connectivity index (χ3v) is 3.63. The molecule has 1 unspecified atom stereocenters. The molecule has 0 aliphatic carbocycles. The first-order valence-corrected chi connectivity index (χ1v) is 7.77. The zero-order chi connectivity index (χ0) is 16.2. The topological polar surface area (TPSA) is 41.6 Å². The van der Waals surface area contributed by atoms with E-state index in [9.17, 15) is 9.18 Å². The highest BCUT2D eigenvalue weighted by molar-refractivity contribution is 5.76. The molecule has 122 valence electrons. The van der Waals surface area contributed by atoms with Crippen LogP contribution in [0.2, 0.25) is 0 Å². The van der Waals surface area contributed by atoms with Gasteiger partial charge in [0.25, 0.3) is 0 Å². The fourth-order valence-corrected chi connectivity index (χ4v) is 2.54. The lowest BCUT2D eigenvalue weighted by Gasteiger charge is -2.36. The van der Waals surface area contributed by atoms with Gasteiger partial charge >= 0.3 is 5.97 Å². The van der Waals surface area contributed by atoms with Crippen LogP contribution in [0.25, 0.3) is 0 Å². The van der Waals surface area contributed by atoms with Crippen LogP contribution in [-0.2, 0) is 16.0 Å². The summed E-state index contributed by atoms with van der Waals surface area (Å²) in [6.07, 6.45) is 0.791. The zero-order valence-electron chi connectivity index (χ0n) is 13.6. The summed E-state index contributed by atoms with van der Waals surface area (Å²) in [5.41, 5.74) is 0.597. The van der Waals surface area contributed by atoms with Crippen molar-refractivity contribution in [2.24, 2.45) is 0 Å². The summed E-state index contributed by atoms with van der Waals surface area (Å²) in [4.78, 5) is 14.5. The van der Waals surface area contributed by atoms with E-state index in [4.69, 9.17) is 4.74 Å². The first kappa shape index (κ1) is 16.9. The van der Waals surface area contributed by atoms with Crippen LogP contribution in [0.4, 0.5) is 4.39 Å². The van der Waals surface area contributed by atoms with Crippen LogP contribution >= 0.6 is 0 Å².